The number of sulfonamides is 1. The van der Waals surface area contributed by atoms with Crippen LogP contribution in [-0.2, 0) is 30.7 Å². The lowest BCUT2D eigenvalue weighted by Gasteiger charge is -2.26. The number of methoxy groups -OCH3 is 1. The highest BCUT2D eigenvalue weighted by Gasteiger charge is 2.30. The van der Waals surface area contributed by atoms with Crippen molar-refractivity contribution in [3.63, 3.8) is 0 Å². The smallest absolute Gasteiger partial charge is 0.252 e. The van der Waals surface area contributed by atoms with E-state index in [4.69, 9.17) is 9.47 Å². The van der Waals surface area contributed by atoms with Crippen LogP contribution in [-0.4, -0.2) is 65.2 Å². The quantitative estimate of drug-likeness (QED) is 0.785. The molecular formula is C15H20N2O5S. The van der Waals surface area contributed by atoms with Gasteiger partial charge in [-0.1, -0.05) is 0 Å². The summed E-state index contributed by atoms with van der Waals surface area (Å²) in [4.78, 5) is 13.9. The Morgan fingerprint density at radius 2 is 2.00 bits per heavy atom. The van der Waals surface area contributed by atoms with Crippen LogP contribution in [0.4, 0.5) is 5.69 Å². The first-order valence-electron chi connectivity index (χ1n) is 7.54. The molecule has 2 aliphatic rings. The highest BCUT2D eigenvalue weighted by molar-refractivity contribution is 7.89. The van der Waals surface area contributed by atoms with E-state index in [0.29, 0.717) is 39.3 Å². The van der Waals surface area contributed by atoms with Gasteiger partial charge >= 0.3 is 0 Å². The summed E-state index contributed by atoms with van der Waals surface area (Å²) < 4.78 is 36.9. The van der Waals surface area contributed by atoms with Crippen molar-refractivity contribution in [1.29, 1.82) is 0 Å². The van der Waals surface area contributed by atoms with Crippen molar-refractivity contribution < 1.29 is 22.7 Å². The Morgan fingerprint density at radius 1 is 1.26 bits per heavy atom. The summed E-state index contributed by atoms with van der Waals surface area (Å²) in [5.41, 5.74) is 1.65. The minimum Gasteiger partial charge on any atom is -0.379 e. The average molecular weight is 340 g/mol. The van der Waals surface area contributed by atoms with Gasteiger partial charge in [0.15, 0.2) is 0 Å². The third-order valence-corrected chi connectivity index (χ3v) is 6.02. The van der Waals surface area contributed by atoms with Gasteiger partial charge in [0, 0.05) is 32.4 Å². The number of hydrogen-bond donors (Lipinski definition) is 0. The molecule has 0 radical (unpaired) electrons. The van der Waals surface area contributed by atoms with Gasteiger partial charge in [-0.15, -0.1) is 0 Å². The van der Waals surface area contributed by atoms with Crippen molar-refractivity contribution in [3.8, 4) is 0 Å². The van der Waals surface area contributed by atoms with Crippen molar-refractivity contribution in [2.75, 3.05) is 51.5 Å². The van der Waals surface area contributed by atoms with Crippen molar-refractivity contribution in [2.24, 2.45) is 0 Å². The molecule has 0 aromatic heterocycles. The van der Waals surface area contributed by atoms with Gasteiger partial charge in [0.05, 0.1) is 18.1 Å². The van der Waals surface area contributed by atoms with Gasteiger partial charge in [-0.2, -0.15) is 4.31 Å². The summed E-state index contributed by atoms with van der Waals surface area (Å²) in [5, 5.41) is 0. The van der Waals surface area contributed by atoms with Crippen molar-refractivity contribution in [3.05, 3.63) is 23.8 Å². The number of nitrogens with zero attached hydrogens (tertiary/aromatic N) is 2. The molecule has 2 heterocycles. The van der Waals surface area contributed by atoms with Crippen LogP contribution in [0.25, 0.3) is 0 Å². The molecule has 0 atom stereocenters. The van der Waals surface area contributed by atoms with Crippen LogP contribution in [0.15, 0.2) is 23.1 Å². The first kappa shape index (κ1) is 16.4. The lowest BCUT2D eigenvalue weighted by molar-refractivity contribution is -0.122. The monoisotopic (exact) mass is 340 g/mol. The van der Waals surface area contributed by atoms with E-state index >= 15 is 0 Å². The van der Waals surface area contributed by atoms with Crippen LogP contribution >= 0.6 is 0 Å². The maximum atomic E-state index is 12.7. The lowest BCUT2D eigenvalue weighted by atomic mass is 10.2. The topological polar surface area (TPSA) is 76.2 Å². The number of anilines is 1. The molecule has 2 aliphatic heterocycles. The van der Waals surface area contributed by atoms with E-state index in [1.165, 1.54) is 11.4 Å². The second kappa shape index (κ2) is 6.56. The van der Waals surface area contributed by atoms with Gasteiger partial charge in [-0.05, 0) is 30.2 Å². The summed E-state index contributed by atoms with van der Waals surface area (Å²) in [6, 6.07) is 4.96. The standard InChI is InChI=1S/C15H20N2O5S/c1-21-11-15(18)17-5-4-12-10-13(2-3-14(12)17)23(19,20)16-6-8-22-9-7-16/h2-3,10H,4-9,11H2,1H3. The van der Waals surface area contributed by atoms with Gasteiger partial charge in [-0.25, -0.2) is 8.42 Å². The first-order chi connectivity index (χ1) is 11.0. The number of ether oxygens (including phenoxy) is 2. The maximum absolute atomic E-state index is 12.7. The van der Waals surface area contributed by atoms with Gasteiger partial charge < -0.3 is 14.4 Å². The number of amides is 1. The van der Waals surface area contributed by atoms with E-state index in [0.717, 1.165) is 11.3 Å². The second-order valence-electron chi connectivity index (χ2n) is 5.54. The Morgan fingerprint density at radius 3 is 2.70 bits per heavy atom. The van der Waals surface area contributed by atoms with Crippen LogP contribution in [0.5, 0.6) is 0 Å². The fourth-order valence-electron chi connectivity index (χ4n) is 2.94. The van der Waals surface area contributed by atoms with Gasteiger partial charge in [0.25, 0.3) is 5.91 Å². The number of benzene rings is 1. The molecule has 3 rings (SSSR count). The molecule has 0 spiro atoms. The molecule has 8 heteroatoms. The van der Waals surface area contributed by atoms with Crippen molar-refractivity contribution in [1.82, 2.24) is 4.31 Å². The summed E-state index contributed by atoms with van der Waals surface area (Å²) in [7, 11) is -2.03. The molecule has 1 saturated heterocycles. The number of fused-ring (bicyclic) bond motifs is 1. The van der Waals surface area contributed by atoms with E-state index in [9.17, 15) is 13.2 Å². The summed E-state index contributed by atoms with van der Waals surface area (Å²) in [6.07, 6.45) is 0.650. The zero-order valence-electron chi connectivity index (χ0n) is 13.0. The fraction of sp³-hybridized carbons (Fsp3) is 0.533. The Bertz CT molecular complexity index is 698. The zero-order valence-corrected chi connectivity index (χ0v) is 13.8. The van der Waals surface area contributed by atoms with E-state index in [1.807, 2.05) is 0 Å². The molecule has 0 N–H and O–H groups in total. The first-order valence-corrected chi connectivity index (χ1v) is 8.98. The van der Waals surface area contributed by atoms with Crippen LogP contribution in [0.3, 0.4) is 0 Å². The van der Waals surface area contributed by atoms with Crippen molar-refractivity contribution in [2.45, 2.75) is 11.3 Å². The number of carbonyl (C=O) groups excluding carboxylic acids is 1. The molecule has 23 heavy (non-hydrogen) atoms. The lowest BCUT2D eigenvalue weighted by Crippen LogP contribution is -2.40. The summed E-state index contributed by atoms with van der Waals surface area (Å²) in [5.74, 6) is -0.116. The van der Waals surface area contributed by atoms with Crippen LogP contribution in [0.1, 0.15) is 5.56 Å². The highest BCUT2D eigenvalue weighted by atomic mass is 32.2. The molecular weight excluding hydrogens is 320 g/mol. The molecule has 1 aromatic rings. The molecule has 1 amide bonds. The van der Waals surface area contributed by atoms with Crippen molar-refractivity contribution >= 4 is 21.6 Å². The number of rotatable bonds is 4. The fourth-order valence-corrected chi connectivity index (χ4v) is 4.39. The molecule has 7 nitrogen and oxygen atoms in total. The molecule has 0 unspecified atom stereocenters. The van der Waals surface area contributed by atoms with E-state index < -0.39 is 10.0 Å². The molecule has 0 aliphatic carbocycles. The number of carbonyl (C=O) groups is 1. The molecule has 126 valence electrons. The number of morpholine rings is 1. The SMILES string of the molecule is COCC(=O)N1CCc2cc(S(=O)(=O)N3CCOCC3)ccc21. The van der Waals surface area contributed by atoms with Crippen LogP contribution < -0.4 is 4.90 Å². The Hall–Kier alpha value is -1.48. The van der Waals surface area contributed by atoms with Gasteiger partial charge in [-0.3, -0.25) is 4.79 Å². The Kier molecular flexibility index (Phi) is 4.67. The molecule has 0 saturated carbocycles. The van der Waals surface area contributed by atoms with Crippen LogP contribution in [0.2, 0.25) is 0 Å². The largest absolute Gasteiger partial charge is 0.379 e. The molecule has 1 aromatic carbocycles. The van der Waals surface area contributed by atoms with E-state index in [1.54, 1.807) is 23.1 Å². The summed E-state index contributed by atoms with van der Waals surface area (Å²) in [6.45, 7) is 2.16. The summed E-state index contributed by atoms with van der Waals surface area (Å²) >= 11 is 0. The number of hydrogen-bond acceptors (Lipinski definition) is 5. The Labute approximate surface area is 135 Å². The maximum Gasteiger partial charge on any atom is 0.252 e. The molecule has 0 bridgehead atoms. The average Bonchev–Trinajstić information content (AvgIpc) is 2.99. The minimum atomic E-state index is -3.51. The third kappa shape index (κ3) is 3.12. The van der Waals surface area contributed by atoms with E-state index in [2.05, 4.69) is 0 Å². The molecule has 1 fully saturated rings. The van der Waals surface area contributed by atoms with Crippen LogP contribution in [0, 0.1) is 0 Å². The predicted molar refractivity (Wildman–Crippen MR) is 84.0 cm³/mol. The van der Waals surface area contributed by atoms with Gasteiger partial charge in [0.2, 0.25) is 10.0 Å². The minimum absolute atomic E-state index is 0.0211. The Balaban J connectivity index is 1.86. The third-order valence-electron chi connectivity index (χ3n) is 4.12. The normalized spacial score (nSPS) is 18.9. The zero-order chi connectivity index (χ0) is 16.4. The highest BCUT2D eigenvalue weighted by Crippen LogP contribution is 2.31. The second-order valence-corrected chi connectivity index (χ2v) is 7.47. The predicted octanol–water partition coefficient (Wildman–Crippen LogP) is 0.243. The van der Waals surface area contributed by atoms with Gasteiger partial charge in [0.1, 0.15) is 6.61 Å². The van der Waals surface area contributed by atoms with E-state index in [-0.39, 0.29) is 17.4 Å².